The Morgan fingerprint density at radius 2 is 1.93 bits per heavy atom. The number of anilines is 1. The van der Waals surface area contributed by atoms with Crippen molar-refractivity contribution in [2.75, 3.05) is 5.32 Å². The first-order valence-electron chi connectivity index (χ1n) is 9.15. The van der Waals surface area contributed by atoms with Gasteiger partial charge < -0.3 is 5.32 Å². The van der Waals surface area contributed by atoms with Crippen LogP contribution in [0.5, 0.6) is 0 Å². The number of sulfone groups is 1. The Morgan fingerprint density at radius 3 is 2.61 bits per heavy atom. The fourth-order valence-corrected chi connectivity index (χ4v) is 5.30. The van der Waals surface area contributed by atoms with Crippen LogP contribution in [-0.4, -0.2) is 34.3 Å². The molecule has 0 radical (unpaired) electrons. The van der Waals surface area contributed by atoms with Crippen LogP contribution in [0.3, 0.4) is 0 Å². The molecule has 4 rings (SSSR count). The fraction of sp³-hybridized carbons (Fsp3) is 0.250. The normalized spacial score (nSPS) is 14.9. The van der Waals surface area contributed by atoms with Gasteiger partial charge >= 0.3 is 0 Å². The third-order valence-electron chi connectivity index (χ3n) is 4.91. The Hall–Kier alpha value is -3.00. The van der Waals surface area contributed by atoms with Crippen LogP contribution in [0.2, 0.25) is 0 Å². The van der Waals surface area contributed by atoms with Crippen LogP contribution < -0.4 is 5.32 Å². The number of hydrogen-bond donors (Lipinski definition) is 1. The SMILES string of the molecule is O=C(Nc1cccc(S(=O)(=O)C2CCCC2)c1)c1ccc(-n2cccn2)nc1. The van der Waals surface area contributed by atoms with Gasteiger partial charge in [0.1, 0.15) is 0 Å². The summed E-state index contributed by atoms with van der Waals surface area (Å²) in [6, 6.07) is 11.6. The number of aromatic nitrogens is 3. The standard InChI is InChI=1S/C20H20N4O3S/c25-20(15-9-10-19(21-14-15)24-12-4-11-22-24)23-16-5-3-8-18(13-16)28(26,27)17-6-1-2-7-17/h3-5,8-14,17H,1-2,6-7H2,(H,23,25). The number of pyridine rings is 1. The van der Waals surface area contributed by atoms with Gasteiger partial charge in [-0.3, -0.25) is 4.79 Å². The van der Waals surface area contributed by atoms with E-state index in [2.05, 4.69) is 15.4 Å². The lowest BCUT2D eigenvalue weighted by Crippen LogP contribution is -2.18. The molecule has 1 aliphatic carbocycles. The number of hydrogen-bond acceptors (Lipinski definition) is 5. The number of benzene rings is 1. The molecule has 0 atom stereocenters. The summed E-state index contributed by atoms with van der Waals surface area (Å²) in [6.45, 7) is 0. The van der Waals surface area contributed by atoms with Gasteiger partial charge in [-0.25, -0.2) is 18.1 Å². The molecule has 0 unspecified atom stereocenters. The molecule has 3 aromatic rings. The second kappa shape index (κ2) is 7.55. The predicted molar refractivity (Wildman–Crippen MR) is 105 cm³/mol. The van der Waals surface area contributed by atoms with E-state index in [0.717, 1.165) is 12.8 Å². The first-order valence-corrected chi connectivity index (χ1v) is 10.7. The van der Waals surface area contributed by atoms with Crippen molar-refractivity contribution in [1.82, 2.24) is 14.8 Å². The van der Waals surface area contributed by atoms with Gasteiger partial charge in [-0.15, -0.1) is 0 Å². The minimum Gasteiger partial charge on any atom is -0.322 e. The van der Waals surface area contributed by atoms with E-state index in [-0.39, 0.29) is 16.1 Å². The molecule has 2 aromatic heterocycles. The summed E-state index contributed by atoms with van der Waals surface area (Å²) in [4.78, 5) is 17.0. The predicted octanol–water partition coefficient (Wildman–Crippen LogP) is 3.24. The number of amides is 1. The second-order valence-electron chi connectivity index (χ2n) is 6.79. The van der Waals surface area contributed by atoms with E-state index in [9.17, 15) is 13.2 Å². The van der Waals surface area contributed by atoms with E-state index in [1.54, 1.807) is 53.5 Å². The molecule has 1 fully saturated rings. The number of carbonyl (C=O) groups is 1. The van der Waals surface area contributed by atoms with Crippen molar-refractivity contribution in [2.45, 2.75) is 35.8 Å². The molecule has 28 heavy (non-hydrogen) atoms. The van der Waals surface area contributed by atoms with Gasteiger partial charge in [0.2, 0.25) is 0 Å². The smallest absolute Gasteiger partial charge is 0.257 e. The first-order chi connectivity index (χ1) is 13.5. The van der Waals surface area contributed by atoms with Crippen LogP contribution in [-0.2, 0) is 9.84 Å². The largest absolute Gasteiger partial charge is 0.322 e. The Kier molecular flexibility index (Phi) is 4.95. The van der Waals surface area contributed by atoms with E-state index >= 15 is 0 Å². The van der Waals surface area contributed by atoms with Crippen LogP contribution >= 0.6 is 0 Å². The van der Waals surface area contributed by atoms with Crippen LogP contribution in [0.4, 0.5) is 5.69 Å². The van der Waals surface area contributed by atoms with Crippen molar-refractivity contribution in [3.05, 3.63) is 66.6 Å². The Labute approximate surface area is 163 Å². The summed E-state index contributed by atoms with van der Waals surface area (Å²) in [5.74, 6) is 0.251. The van der Waals surface area contributed by atoms with E-state index < -0.39 is 9.84 Å². The lowest BCUT2D eigenvalue weighted by Gasteiger charge is -2.12. The average molecular weight is 396 g/mol. The molecule has 1 amide bonds. The van der Waals surface area contributed by atoms with E-state index in [1.165, 1.54) is 12.3 Å². The van der Waals surface area contributed by atoms with Crippen molar-refractivity contribution in [3.63, 3.8) is 0 Å². The molecular weight excluding hydrogens is 376 g/mol. The van der Waals surface area contributed by atoms with E-state index in [4.69, 9.17) is 0 Å². The van der Waals surface area contributed by atoms with Crippen molar-refractivity contribution < 1.29 is 13.2 Å². The van der Waals surface area contributed by atoms with Crippen molar-refractivity contribution >= 4 is 21.4 Å². The molecule has 7 nitrogen and oxygen atoms in total. The monoisotopic (exact) mass is 396 g/mol. The fourth-order valence-electron chi connectivity index (χ4n) is 3.41. The number of rotatable bonds is 5. The quantitative estimate of drug-likeness (QED) is 0.714. The average Bonchev–Trinajstić information content (AvgIpc) is 3.42. The van der Waals surface area contributed by atoms with Crippen LogP contribution in [0, 0.1) is 0 Å². The Balaban J connectivity index is 1.50. The van der Waals surface area contributed by atoms with Gasteiger partial charge in [-0.2, -0.15) is 5.10 Å². The summed E-state index contributed by atoms with van der Waals surface area (Å²) >= 11 is 0. The van der Waals surface area contributed by atoms with Gasteiger partial charge in [0, 0.05) is 24.3 Å². The summed E-state index contributed by atoms with van der Waals surface area (Å²) < 4.78 is 27.1. The lowest BCUT2D eigenvalue weighted by molar-refractivity contribution is 0.102. The molecule has 1 aromatic carbocycles. The van der Waals surface area contributed by atoms with E-state index in [1.807, 2.05) is 0 Å². The molecule has 0 aliphatic heterocycles. The van der Waals surface area contributed by atoms with Gasteiger partial charge in [0.05, 0.1) is 15.7 Å². The van der Waals surface area contributed by atoms with Gasteiger partial charge in [0.15, 0.2) is 15.7 Å². The highest BCUT2D eigenvalue weighted by atomic mass is 32.2. The zero-order chi connectivity index (χ0) is 19.6. The third kappa shape index (κ3) is 3.68. The highest BCUT2D eigenvalue weighted by Gasteiger charge is 2.30. The highest BCUT2D eigenvalue weighted by molar-refractivity contribution is 7.92. The van der Waals surface area contributed by atoms with Gasteiger partial charge in [-0.1, -0.05) is 18.9 Å². The summed E-state index contributed by atoms with van der Waals surface area (Å²) in [6.07, 6.45) is 8.17. The van der Waals surface area contributed by atoms with Crippen molar-refractivity contribution in [1.29, 1.82) is 0 Å². The molecule has 144 valence electrons. The Bertz CT molecular complexity index is 1070. The number of nitrogens with zero attached hydrogens (tertiary/aromatic N) is 3. The molecule has 8 heteroatoms. The maximum Gasteiger partial charge on any atom is 0.257 e. The molecule has 0 saturated heterocycles. The van der Waals surface area contributed by atoms with Gasteiger partial charge in [-0.05, 0) is 49.2 Å². The molecular formula is C20H20N4O3S. The van der Waals surface area contributed by atoms with Crippen LogP contribution in [0.15, 0.2) is 66.0 Å². The minimum absolute atomic E-state index is 0.254. The topological polar surface area (TPSA) is 94.0 Å². The molecule has 1 saturated carbocycles. The molecule has 2 heterocycles. The number of nitrogens with one attached hydrogen (secondary N) is 1. The minimum atomic E-state index is -3.37. The second-order valence-corrected chi connectivity index (χ2v) is 9.02. The maximum absolute atomic E-state index is 12.8. The molecule has 0 bridgehead atoms. The molecule has 0 spiro atoms. The third-order valence-corrected chi connectivity index (χ3v) is 7.17. The summed E-state index contributed by atoms with van der Waals surface area (Å²) in [5, 5.41) is 6.52. The van der Waals surface area contributed by atoms with Crippen LogP contribution in [0.1, 0.15) is 36.0 Å². The highest BCUT2D eigenvalue weighted by Crippen LogP contribution is 2.30. The van der Waals surface area contributed by atoms with Crippen molar-refractivity contribution in [2.24, 2.45) is 0 Å². The number of carbonyl (C=O) groups excluding carboxylic acids is 1. The van der Waals surface area contributed by atoms with Crippen LogP contribution in [0.25, 0.3) is 5.82 Å². The lowest BCUT2D eigenvalue weighted by atomic mass is 10.2. The van der Waals surface area contributed by atoms with E-state index in [0.29, 0.717) is 29.9 Å². The zero-order valence-electron chi connectivity index (χ0n) is 15.2. The first kappa shape index (κ1) is 18.4. The summed E-state index contributed by atoms with van der Waals surface area (Å²) in [7, 11) is -3.37. The van der Waals surface area contributed by atoms with Crippen molar-refractivity contribution in [3.8, 4) is 5.82 Å². The molecule has 1 aliphatic rings. The summed E-state index contributed by atoms with van der Waals surface area (Å²) in [5.41, 5.74) is 0.820. The zero-order valence-corrected chi connectivity index (χ0v) is 16.0. The maximum atomic E-state index is 12.8. The van der Waals surface area contributed by atoms with Gasteiger partial charge in [0.25, 0.3) is 5.91 Å². The molecule has 1 N–H and O–H groups in total. The Morgan fingerprint density at radius 1 is 1.11 bits per heavy atom.